The average Bonchev–Trinajstić information content (AvgIpc) is 2.81. The maximum Gasteiger partial charge on any atom is 0.245 e. The molecule has 1 aliphatic rings. The van der Waals surface area contributed by atoms with Crippen LogP contribution in [-0.4, -0.2) is 29.3 Å². The second-order valence-electron chi connectivity index (χ2n) is 5.21. The van der Waals surface area contributed by atoms with Gasteiger partial charge in [-0.1, -0.05) is 19.0 Å². The lowest BCUT2D eigenvalue weighted by atomic mass is 9.54. The number of nitrogens with two attached hydrogens (primary N) is 1. The second kappa shape index (κ2) is 4.37. The van der Waals surface area contributed by atoms with Gasteiger partial charge in [-0.3, -0.25) is 4.79 Å². The van der Waals surface area contributed by atoms with Gasteiger partial charge < -0.3 is 20.3 Å². The molecule has 2 unspecified atom stereocenters. The van der Waals surface area contributed by atoms with Crippen LogP contribution in [0.3, 0.4) is 0 Å². The van der Waals surface area contributed by atoms with Gasteiger partial charge in [0.2, 0.25) is 5.91 Å². The maximum absolute atomic E-state index is 12.2. The van der Waals surface area contributed by atoms with Crippen molar-refractivity contribution in [2.24, 2.45) is 11.1 Å². The fraction of sp³-hybridized carbons (Fsp3) is 0.667. The number of hydrogen-bond acceptors (Lipinski definition) is 5. The van der Waals surface area contributed by atoms with E-state index in [0.717, 1.165) is 0 Å². The first-order valence-corrected chi connectivity index (χ1v) is 6.03. The molecule has 0 spiro atoms. The minimum Gasteiger partial charge on any atom is -0.378 e. The topological polar surface area (TPSA) is 90.4 Å². The zero-order valence-corrected chi connectivity index (χ0v) is 10.9. The van der Waals surface area contributed by atoms with E-state index in [1.54, 1.807) is 0 Å². The summed E-state index contributed by atoms with van der Waals surface area (Å²) in [4.78, 5) is 12.2. The van der Waals surface area contributed by atoms with Crippen LogP contribution in [0.4, 0.5) is 5.69 Å². The van der Waals surface area contributed by atoms with Crippen molar-refractivity contribution < 1.29 is 14.1 Å². The molecule has 1 aromatic heterocycles. The number of carbonyl (C=O) groups excluding carboxylic acids is 1. The molecule has 6 heteroatoms. The van der Waals surface area contributed by atoms with Crippen LogP contribution >= 0.6 is 0 Å². The minimum absolute atomic E-state index is 0.0146. The molecule has 2 atom stereocenters. The lowest BCUT2D eigenvalue weighted by molar-refractivity contribution is -0.166. The Balaban J connectivity index is 2.06. The van der Waals surface area contributed by atoms with E-state index < -0.39 is 11.0 Å². The Morgan fingerprint density at radius 3 is 2.94 bits per heavy atom. The fourth-order valence-corrected chi connectivity index (χ4v) is 2.33. The van der Waals surface area contributed by atoms with Crippen molar-refractivity contribution in [2.45, 2.75) is 38.8 Å². The van der Waals surface area contributed by atoms with Crippen molar-refractivity contribution in [1.29, 1.82) is 0 Å². The highest BCUT2D eigenvalue weighted by Gasteiger charge is 2.62. The lowest BCUT2D eigenvalue weighted by Crippen LogP contribution is -2.74. The number of rotatable bonds is 4. The van der Waals surface area contributed by atoms with E-state index in [4.69, 9.17) is 10.5 Å². The summed E-state index contributed by atoms with van der Waals surface area (Å²) < 4.78 is 10.2. The zero-order chi connectivity index (χ0) is 13.4. The summed E-state index contributed by atoms with van der Waals surface area (Å²) in [5.41, 5.74) is 5.41. The van der Waals surface area contributed by atoms with Gasteiger partial charge in [-0.05, 0) is 6.92 Å². The van der Waals surface area contributed by atoms with Crippen LogP contribution in [0.1, 0.15) is 27.2 Å². The van der Waals surface area contributed by atoms with Crippen LogP contribution in [0.15, 0.2) is 17.0 Å². The first kappa shape index (κ1) is 13.0. The SMILES string of the molecule is CCOC1CC(N)(C(=O)Nc2cnoc2)C1(C)C. The molecule has 0 aromatic carbocycles. The third-order valence-electron chi connectivity index (χ3n) is 3.93. The summed E-state index contributed by atoms with van der Waals surface area (Å²) in [7, 11) is 0. The van der Waals surface area contributed by atoms with E-state index in [2.05, 4.69) is 15.0 Å². The summed E-state index contributed by atoms with van der Waals surface area (Å²) in [6, 6.07) is 0. The number of anilines is 1. The summed E-state index contributed by atoms with van der Waals surface area (Å²) in [6.45, 7) is 6.45. The number of aromatic nitrogens is 1. The highest BCUT2D eigenvalue weighted by atomic mass is 16.5. The Hall–Kier alpha value is -1.40. The number of nitrogens with one attached hydrogen (secondary N) is 1. The molecule has 1 amide bonds. The molecule has 1 heterocycles. The molecule has 18 heavy (non-hydrogen) atoms. The first-order chi connectivity index (χ1) is 8.41. The number of hydrogen-bond donors (Lipinski definition) is 2. The molecular formula is C12H19N3O3. The van der Waals surface area contributed by atoms with Crippen molar-refractivity contribution in [3.63, 3.8) is 0 Å². The van der Waals surface area contributed by atoms with Gasteiger partial charge in [0.25, 0.3) is 0 Å². The molecule has 1 aromatic rings. The van der Waals surface area contributed by atoms with Crippen LogP contribution in [0.2, 0.25) is 0 Å². The van der Waals surface area contributed by atoms with Crippen LogP contribution in [0.25, 0.3) is 0 Å². The predicted octanol–water partition coefficient (Wildman–Crippen LogP) is 1.15. The third-order valence-corrected chi connectivity index (χ3v) is 3.93. The molecule has 1 fully saturated rings. The van der Waals surface area contributed by atoms with E-state index in [9.17, 15) is 4.79 Å². The van der Waals surface area contributed by atoms with Crippen molar-refractivity contribution in [2.75, 3.05) is 11.9 Å². The maximum atomic E-state index is 12.2. The van der Waals surface area contributed by atoms with Gasteiger partial charge in [-0.25, -0.2) is 0 Å². The third kappa shape index (κ3) is 1.81. The van der Waals surface area contributed by atoms with E-state index in [0.29, 0.717) is 18.7 Å². The predicted molar refractivity (Wildman–Crippen MR) is 65.9 cm³/mol. The highest BCUT2D eigenvalue weighted by molar-refractivity contribution is 5.99. The Kier molecular flexibility index (Phi) is 3.16. The Morgan fingerprint density at radius 1 is 1.72 bits per heavy atom. The van der Waals surface area contributed by atoms with E-state index in [1.165, 1.54) is 12.5 Å². The number of nitrogens with zero attached hydrogens (tertiary/aromatic N) is 1. The monoisotopic (exact) mass is 253 g/mol. The molecule has 1 saturated carbocycles. The molecule has 0 aliphatic heterocycles. The average molecular weight is 253 g/mol. The van der Waals surface area contributed by atoms with Crippen LogP contribution in [0.5, 0.6) is 0 Å². The van der Waals surface area contributed by atoms with E-state index in [1.807, 2.05) is 20.8 Å². The van der Waals surface area contributed by atoms with Crippen molar-refractivity contribution in [3.05, 3.63) is 12.5 Å². The quantitative estimate of drug-likeness (QED) is 0.839. The summed E-state index contributed by atoms with van der Waals surface area (Å²) in [6.07, 6.45) is 3.34. The van der Waals surface area contributed by atoms with Gasteiger partial charge in [0.05, 0.1) is 12.3 Å². The van der Waals surface area contributed by atoms with Crippen molar-refractivity contribution in [1.82, 2.24) is 5.16 Å². The first-order valence-electron chi connectivity index (χ1n) is 6.03. The lowest BCUT2D eigenvalue weighted by Gasteiger charge is -2.57. The Labute approximate surface area is 106 Å². The molecule has 0 radical (unpaired) electrons. The van der Waals surface area contributed by atoms with Crippen LogP contribution in [-0.2, 0) is 9.53 Å². The number of ether oxygens (including phenoxy) is 1. The van der Waals surface area contributed by atoms with Crippen molar-refractivity contribution in [3.8, 4) is 0 Å². The summed E-state index contributed by atoms with van der Waals surface area (Å²) in [5, 5.41) is 6.23. The van der Waals surface area contributed by atoms with Crippen LogP contribution < -0.4 is 11.1 Å². The normalized spacial score (nSPS) is 29.7. The smallest absolute Gasteiger partial charge is 0.245 e. The zero-order valence-electron chi connectivity index (χ0n) is 10.9. The van der Waals surface area contributed by atoms with Gasteiger partial charge in [0, 0.05) is 18.4 Å². The standard InChI is InChI=1S/C12H19N3O3/c1-4-17-9-5-12(13,11(9,2)3)10(16)15-8-6-14-18-7-8/h6-7,9H,4-5,13H2,1-3H3,(H,15,16). The minimum atomic E-state index is -0.926. The second-order valence-corrected chi connectivity index (χ2v) is 5.21. The van der Waals surface area contributed by atoms with Gasteiger partial charge in [-0.2, -0.15) is 0 Å². The highest BCUT2D eigenvalue weighted by Crippen LogP contribution is 2.50. The molecule has 6 nitrogen and oxygen atoms in total. The van der Waals surface area contributed by atoms with E-state index in [-0.39, 0.29) is 12.0 Å². The molecule has 2 rings (SSSR count). The van der Waals surface area contributed by atoms with Gasteiger partial charge in [0.15, 0.2) is 0 Å². The van der Waals surface area contributed by atoms with Gasteiger partial charge in [0.1, 0.15) is 17.5 Å². The summed E-state index contributed by atoms with van der Waals surface area (Å²) in [5.74, 6) is -0.230. The molecule has 100 valence electrons. The van der Waals surface area contributed by atoms with E-state index >= 15 is 0 Å². The largest absolute Gasteiger partial charge is 0.378 e. The summed E-state index contributed by atoms with van der Waals surface area (Å²) >= 11 is 0. The molecule has 0 saturated heterocycles. The number of carbonyl (C=O) groups is 1. The Morgan fingerprint density at radius 2 is 2.44 bits per heavy atom. The molecule has 1 aliphatic carbocycles. The van der Waals surface area contributed by atoms with Crippen LogP contribution in [0, 0.1) is 5.41 Å². The Bertz CT molecular complexity index is 430. The molecule has 0 bridgehead atoms. The van der Waals surface area contributed by atoms with Gasteiger partial charge >= 0.3 is 0 Å². The molecular weight excluding hydrogens is 234 g/mol. The van der Waals surface area contributed by atoms with Gasteiger partial charge in [-0.15, -0.1) is 0 Å². The number of amides is 1. The van der Waals surface area contributed by atoms with Crippen molar-refractivity contribution >= 4 is 11.6 Å². The molecule has 3 N–H and O–H groups in total. The fourth-order valence-electron chi connectivity index (χ4n) is 2.33.